The number of nitrogens with zero attached hydrogens (tertiary/aromatic N) is 1. The summed E-state index contributed by atoms with van der Waals surface area (Å²) in [5.74, 6) is 1.37. The van der Waals surface area contributed by atoms with Crippen molar-refractivity contribution in [2.24, 2.45) is 5.92 Å². The molecule has 0 bridgehead atoms. The molecule has 0 N–H and O–H groups in total. The maximum Gasteiger partial charge on any atom is 0.309 e. The Morgan fingerprint density at radius 1 is 1.00 bits per heavy atom. The zero-order chi connectivity index (χ0) is 19.6. The van der Waals surface area contributed by atoms with Crippen LogP contribution in [0.2, 0.25) is 0 Å². The highest BCUT2D eigenvalue weighted by molar-refractivity contribution is 5.77. The molecule has 27 heavy (non-hydrogen) atoms. The summed E-state index contributed by atoms with van der Waals surface area (Å²) in [4.78, 5) is 26.2. The molecule has 1 amide bonds. The molecule has 1 fully saturated rings. The first-order valence-corrected chi connectivity index (χ1v) is 9.91. The number of piperidine rings is 1. The van der Waals surface area contributed by atoms with E-state index in [2.05, 4.69) is 0 Å². The second kappa shape index (κ2) is 10.8. The molecule has 0 unspecified atom stereocenters. The fraction of sp³-hybridized carbons (Fsp3) is 0.619. The van der Waals surface area contributed by atoms with Crippen LogP contribution in [0.1, 0.15) is 45.6 Å². The molecular weight excluding hydrogens is 346 g/mol. The highest BCUT2D eigenvalue weighted by Crippen LogP contribution is 2.29. The molecule has 1 heterocycles. The second-order valence-electron chi connectivity index (χ2n) is 6.55. The first-order chi connectivity index (χ1) is 13.1. The highest BCUT2D eigenvalue weighted by Gasteiger charge is 2.27. The third kappa shape index (κ3) is 6.15. The zero-order valence-corrected chi connectivity index (χ0v) is 16.7. The zero-order valence-electron chi connectivity index (χ0n) is 16.7. The van der Waals surface area contributed by atoms with Gasteiger partial charge in [0.25, 0.3) is 0 Å². The number of carbonyl (C=O) groups is 2. The number of rotatable bonds is 9. The summed E-state index contributed by atoms with van der Waals surface area (Å²) in [5.41, 5.74) is 1.05. The number of likely N-dealkylation sites (tertiary alicyclic amines) is 1. The van der Waals surface area contributed by atoms with Gasteiger partial charge in [-0.3, -0.25) is 9.59 Å². The average Bonchev–Trinajstić information content (AvgIpc) is 2.68. The van der Waals surface area contributed by atoms with Crippen LogP contribution in [0.3, 0.4) is 0 Å². The Balaban J connectivity index is 1.85. The van der Waals surface area contributed by atoms with Crippen LogP contribution in [-0.2, 0) is 20.7 Å². The first-order valence-electron chi connectivity index (χ1n) is 9.91. The monoisotopic (exact) mass is 377 g/mol. The Kier molecular flexibility index (Phi) is 8.43. The van der Waals surface area contributed by atoms with Crippen molar-refractivity contribution >= 4 is 11.9 Å². The van der Waals surface area contributed by atoms with Gasteiger partial charge in [-0.1, -0.05) is 6.07 Å². The van der Waals surface area contributed by atoms with Crippen LogP contribution in [0.5, 0.6) is 11.5 Å². The van der Waals surface area contributed by atoms with Crippen molar-refractivity contribution in [3.8, 4) is 11.5 Å². The molecule has 1 aromatic carbocycles. The van der Waals surface area contributed by atoms with Gasteiger partial charge in [0.2, 0.25) is 5.91 Å². The van der Waals surface area contributed by atoms with Crippen LogP contribution in [0.15, 0.2) is 18.2 Å². The summed E-state index contributed by atoms with van der Waals surface area (Å²) in [6, 6.07) is 5.84. The molecule has 6 heteroatoms. The minimum atomic E-state index is -0.137. The number of carbonyl (C=O) groups excluding carboxylic acids is 2. The molecule has 0 atom stereocenters. The van der Waals surface area contributed by atoms with E-state index < -0.39 is 0 Å². The molecule has 1 aliphatic rings. The van der Waals surface area contributed by atoms with Gasteiger partial charge in [0, 0.05) is 19.5 Å². The lowest BCUT2D eigenvalue weighted by molar-refractivity contribution is -0.151. The van der Waals surface area contributed by atoms with Gasteiger partial charge in [-0.05, 0) is 57.7 Å². The number of benzene rings is 1. The quantitative estimate of drug-likeness (QED) is 0.618. The van der Waals surface area contributed by atoms with E-state index in [0.717, 1.165) is 17.1 Å². The van der Waals surface area contributed by atoms with Crippen molar-refractivity contribution in [2.45, 2.75) is 46.5 Å². The number of hydrogen-bond donors (Lipinski definition) is 0. The molecular formula is C21H31NO5. The number of esters is 1. The minimum absolute atomic E-state index is 0.0751. The molecule has 0 aromatic heterocycles. The Bertz CT molecular complexity index is 623. The van der Waals surface area contributed by atoms with Crippen molar-refractivity contribution in [3.63, 3.8) is 0 Å². The van der Waals surface area contributed by atoms with E-state index in [1.165, 1.54) is 0 Å². The minimum Gasteiger partial charge on any atom is -0.490 e. The Morgan fingerprint density at radius 2 is 1.67 bits per heavy atom. The van der Waals surface area contributed by atoms with E-state index >= 15 is 0 Å². The molecule has 2 rings (SSSR count). The Morgan fingerprint density at radius 3 is 2.30 bits per heavy atom. The third-order valence-corrected chi connectivity index (χ3v) is 4.70. The lowest BCUT2D eigenvalue weighted by Gasteiger charge is -2.31. The number of amides is 1. The van der Waals surface area contributed by atoms with Gasteiger partial charge in [-0.15, -0.1) is 0 Å². The lowest BCUT2D eigenvalue weighted by atomic mass is 9.96. The summed E-state index contributed by atoms with van der Waals surface area (Å²) in [7, 11) is 0. The van der Waals surface area contributed by atoms with Crippen LogP contribution >= 0.6 is 0 Å². The summed E-state index contributed by atoms with van der Waals surface area (Å²) < 4.78 is 16.3. The van der Waals surface area contributed by atoms with Gasteiger partial charge in [0.05, 0.1) is 25.7 Å². The molecule has 1 saturated heterocycles. The van der Waals surface area contributed by atoms with Crippen LogP contribution in [-0.4, -0.2) is 49.7 Å². The number of hydrogen-bond acceptors (Lipinski definition) is 5. The SMILES string of the molecule is CCOC(=O)C1CCN(C(=O)CCc2ccc(OCC)c(OCC)c2)CC1. The van der Waals surface area contributed by atoms with Crippen molar-refractivity contribution in [1.29, 1.82) is 0 Å². The van der Waals surface area contributed by atoms with Crippen LogP contribution in [0.25, 0.3) is 0 Å². The molecule has 6 nitrogen and oxygen atoms in total. The van der Waals surface area contributed by atoms with Gasteiger partial charge in [-0.25, -0.2) is 0 Å². The van der Waals surface area contributed by atoms with E-state index in [1.807, 2.05) is 43.9 Å². The molecule has 0 saturated carbocycles. The second-order valence-corrected chi connectivity index (χ2v) is 6.55. The average molecular weight is 377 g/mol. The van der Waals surface area contributed by atoms with E-state index in [0.29, 0.717) is 58.6 Å². The Hall–Kier alpha value is -2.24. The van der Waals surface area contributed by atoms with E-state index in [1.54, 1.807) is 0 Å². The summed E-state index contributed by atoms with van der Waals surface area (Å²) >= 11 is 0. The molecule has 150 valence electrons. The van der Waals surface area contributed by atoms with Gasteiger partial charge in [0.15, 0.2) is 11.5 Å². The van der Waals surface area contributed by atoms with Crippen molar-refractivity contribution < 1.29 is 23.8 Å². The summed E-state index contributed by atoms with van der Waals surface area (Å²) in [5, 5.41) is 0. The van der Waals surface area contributed by atoms with Crippen LogP contribution in [0.4, 0.5) is 0 Å². The van der Waals surface area contributed by atoms with Gasteiger partial charge in [0.1, 0.15) is 0 Å². The van der Waals surface area contributed by atoms with E-state index in [4.69, 9.17) is 14.2 Å². The highest BCUT2D eigenvalue weighted by atomic mass is 16.5. The van der Waals surface area contributed by atoms with Crippen LogP contribution in [0, 0.1) is 5.92 Å². The first kappa shape index (κ1) is 21.1. The van der Waals surface area contributed by atoms with E-state index in [9.17, 15) is 9.59 Å². The van der Waals surface area contributed by atoms with Gasteiger partial charge < -0.3 is 19.1 Å². The number of ether oxygens (including phenoxy) is 3. The maximum atomic E-state index is 12.5. The van der Waals surface area contributed by atoms with Crippen molar-refractivity contribution in [1.82, 2.24) is 4.90 Å². The fourth-order valence-corrected chi connectivity index (χ4v) is 3.29. The molecule has 0 radical (unpaired) electrons. The smallest absolute Gasteiger partial charge is 0.309 e. The molecule has 1 aliphatic heterocycles. The lowest BCUT2D eigenvalue weighted by Crippen LogP contribution is -2.40. The fourth-order valence-electron chi connectivity index (χ4n) is 3.29. The third-order valence-electron chi connectivity index (χ3n) is 4.70. The molecule has 1 aromatic rings. The maximum absolute atomic E-state index is 12.5. The molecule has 0 aliphatic carbocycles. The van der Waals surface area contributed by atoms with Gasteiger partial charge in [-0.2, -0.15) is 0 Å². The summed E-state index contributed by atoms with van der Waals surface area (Å²) in [6.45, 7) is 8.49. The predicted molar refractivity (Wildman–Crippen MR) is 103 cm³/mol. The topological polar surface area (TPSA) is 65.1 Å². The van der Waals surface area contributed by atoms with E-state index in [-0.39, 0.29) is 17.8 Å². The van der Waals surface area contributed by atoms with Crippen molar-refractivity contribution in [2.75, 3.05) is 32.9 Å². The normalized spacial score (nSPS) is 14.7. The van der Waals surface area contributed by atoms with Crippen LogP contribution < -0.4 is 9.47 Å². The largest absolute Gasteiger partial charge is 0.490 e. The molecule has 0 spiro atoms. The Labute approximate surface area is 161 Å². The summed E-state index contributed by atoms with van der Waals surface area (Å²) in [6.07, 6.45) is 2.47. The standard InChI is InChI=1S/C21H31NO5/c1-4-25-18-9-7-16(15-19(18)26-5-2)8-10-20(23)22-13-11-17(12-14-22)21(24)27-6-3/h7,9,15,17H,4-6,8,10-14H2,1-3H3. The van der Waals surface area contributed by atoms with Crippen molar-refractivity contribution in [3.05, 3.63) is 23.8 Å². The predicted octanol–water partition coefficient (Wildman–Crippen LogP) is 3.22. The van der Waals surface area contributed by atoms with Gasteiger partial charge >= 0.3 is 5.97 Å². The number of aryl methyl sites for hydroxylation is 1.